The van der Waals surface area contributed by atoms with Crippen molar-refractivity contribution in [2.75, 3.05) is 0 Å². The molecule has 0 radical (unpaired) electrons. The van der Waals surface area contributed by atoms with Crippen LogP contribution in [-0.2, 0) is 36.6 Å². The van der Waals surface area contributed by atoms with Crippen LogP contribution in [0.3, 0.4) is 0 Å². The molecule has 5 atom stereocenters. The molecule has 0 bridgehead atoms. The van der Waals surface area contributed by atoms with Crippen LogP contribution in [0.4, 0.5) is 0 Å². The van der Waals surface area contributed by atoms with E-state index in [-0.39, 0.29) is 22.7 Å². The molecule has 10 heteroatoms. The van der Waals surface area contributed by atoms with Crippen LogP contribution in [0.1, 0.15) is 63.0 Å². The Morgan fingerprint density at radius 2 is 1.91 bits per heavy atom. The zero-order valence-corrected chi connectivity index (χ0v) is 20.0. The van der Waals surface area contributed by atoms with Crippen molar-refractivity contribution in [1.29, 1.82) is 0 Å². The second-order valence-corrected chi connectivity index (χ2v) is 12.0. The van der Waals surface area contributed by atoms with Gasteiger partial charge in [0.1, 0.15) is 5.75 Å². The van der Waals surface area contributed by atoms with Crippen molar-refractivity contribution in [3.05, 3.63) is 42.0 Å². The molecule has 0 saturated heterocycles. The van der Waals surface area contributed by atoms with Crippen molar-refractivity contribution in [3.8, 4) is 5.75 Å². The summed E-state index contributed by atoms with van der Waals surface area (Å²) in [5, 5.41) is 10.2. The van der Waals surface area contributed by atoms with E-state index < -0.39 is 20.6 Å². The smallest absolute Gasteiger partial charge is 0.371 e. The van der Waals surface area contributed by atoms with Gasteiger partial charge >= 0.3 is 20.6 Å². The standard InChI is InChI=1S/C22H32N2O6S2/c1-3-9-22-11-10-21(4-2)14-17(30-32(24,27)28)13-20(21)19(22)7-5-15-12-16(6-8-18(15)22)29-31(23,25)26/h3,6,8,12,17,19-20H,1,4-5,7,9-11,13-14H2,2H3,(H2,23,25,26)(H2,24,27,28)/t17-,19?,20?,21-,22-/m1/s1. The van der Waals surface area contributed by atoms with Crippen LogP contribution in [-0.4, -0.2) is 22.9 Å². The number of allylic oxidation sites excluding steroid dienone is 1. The maximum atomic E-state index is 11.6. The van der Waals surface area contributed by atoms with Gasteiger partial charge in [0.2, 0.25) is 0 Å². The van der Waals surface area contributed by atoms with Gasteiger partial charge < -0.3 is 4.18 Å². The second-order valence-electron chi connectivity index (χ2n) is 9.66. The molecule has 0 aliphatic heterocycles. The Bertz CT molecular complexity index is 1120. The predicted molar refractivity (Wildman–Crippen MR) is 121 cm³/mol. The number of nitrogens with two attached hydrogens (primary N) is 2. The molecule has 3 aliphatic rings. The van der Waals surface area contributed by atoms with Gasteiger partial charge in [-0.05, 0) is 85.5 Å². The lowest BCUT2D eigenvalue weighted by Crippen LogP contribution is -2.51. The summed E-state index contributed by atoms with van der Waals surface area (Å²) in [7, 11) is -8.08. The quantitative estimate of drug-likeness (QED) is 0.571. The number of hydrogen-bond acceptors (Lipinski definition) is 6. The van der Waals surface area contributed by atoms with Crippen LogP contribution in [0, 0.1) is 17.3 Å². The van der Waals surface area contributed by atoms with Gasteiger partial charge in [-0.3, -0.25) is 4.18 Å². The predicted octanol–water partition coefficient (Wildman–Crippen LogP) is 2.83. The molecule has 0 spiro atoms. The minimum Gasteiger partial charge on any atom is -0.371 e. The topological polar surface area (TPSA) is 139 Å². The van der Waals surface area contributed by atoms with Gasteiger partial charge in [0, 0.05) is 5.41 Å². The van der Waals surface area contributed by atoms with Gasteiger partial charge in [0.25, 0.3) is 0 Å². The molecule has 2 saturated carbocycles. The first-order valence-electron chi connectivity index (χ1n) is 11.1. The molecule has 3 aliphatic carbocycles. The van der Waals surface area contributed by atoms with Crippen molar-refractivity contribution in [2.45, 2.75) is 69.8 Å². The van der Waals surface area contributed by atoms with E-state index in [1.807, 2.05) is 12.1 Å². The van der Waals surface area contributed by atoms with Gasteiger partial charge in [-0.2, -0.15) is 22.0 Å². The van der Waals surface area contributed by atoms with Crippen LogP contribution in [0.2, 0.25) is 0 Å². The Labute approximate surface area is 190 Å². The Balaban J connectivity index is 1.73. The van der Waals surface area contributed by atoms with Crippen LogP contribution in [0.15, 0.2) is 30.9 Å². The molecule has 8 nitrogen and oxygen atoms in total. The third-order valence-electron chi connectivity index (χ3n) is 8.24. The molecule has 0 amide bonds. The average Bonchev–Trinajstić information content (AvgIpc) is 3.03. The van der Waals surface area contributed by atoms with E-state index in [4.69, 9.17) is 18.6 Å². The Kier molecular flexibility index (Phi) is 5.99. The highest BCUT2D eigenvalue weighted by Crippen LogP contribution is 2.66. The van der Waals surface area contributed by atoms with Gasteiger partial charge in [-0.25, -0.2) is 5.14 Å². The summed E-state index contributed by atoms with van der Waals surface area (Å²) >= 11 is 0. The summed E-state index contributed by atoms with van der Waals surface area (Å²) in [4.78, 5) is 0. The number of benzene rings is 1. The first-order chi connectivity index (χ1) is 14.9. The molecular weight excluding hydrogens is 452 g/mol. The fourth-order valence-electron chi connectivity index (χ4n) is 7.18. The van der Waals surface area contributed by atoms with Crippen LogP contribution >= 0.6 is 0 Å². The van der Waals surface area contributed by atoms with Crippen molar-refractivity contribution in [1.82, 2.24) is 0 Å². The lowest BCUT2D eigenvalue weighted by atomic mass is 9.47. The van der Waals surface area contributed by atoms with E-state index in [9.17, 15) is 16.8 Å². The van der Waals surface area contributed by atoms with E-state index >= 15 is 0 Å². The van der Waals surface area contributed by atoms with Gasteiger partial charge in [-0.15, -0.1) is 6.58 Å². The third kappa shape index (κ3) is 4.23. The third-order valence-corrected chi connectivity index (χ3v) is 9.20. The Morgan fingerprint density at radius 3 is 2.53 bits per heavy atom. The normalized spacial score (nSPS) is 34.3. The summed E-state index contributed by atoms with van der Waals surface area (Å²) in [6.45, 7) is 6.21. The zero-order chi connectivity index (χ0) is 23.4. The van der Waals surface area contributed by atoms with Gasteiger partial charge in [0.15, 0.2) is 0 Å². The minimum absolute atomic E-state index is 0.0406. The molecule has 2 unspecified atom stereocenters. The first kappa shape index (κ1) is 23.7. The zero-order valence-electron chi connectivity index (χ0n) is 18.3. The molecule has 2 fully saturated rings. The van der Waals surface area contributed by atoms with Crippen molar-refractivity contribution in [3.63, 3.8) is 0 Å². The van der Waals surface area contributed by atoms with Crippen LogP contribution < -0.4 is 14.5 Å². The minimum atomic E-state index is -4.09. The largest absolute Gasteiger partial charge is 0.380 e. The first-order valence-corrected chi connectivity index (χ1v) is 14.0. The Hall–Kier alpha value is -1.46. The van der Waals surface area contributed by atoms with E-state index in [1.54, 1.807) is 12.1 Å². The molecule has 1 aromatic rings. The molecule has 0 aromatic heterocycles. The van der Waals surface area contributed by atoms with Gasteiger partial charge in [-0.1, -0.05) is 25.5 Å². The van der Waals surface area contributed by atoms with Crippen LogP contribution in [0.25, 0.3) is 0 Å². The highest BCUT2D eigenvalue weighted by Gasteiger charge is 2.60. The highest BCUT2D eigenvalue weighted by atomic mass is 32.2. The molecular formula is C22H32N2O6S2. The lowest BCUT2D eigenvalue weighted by molar-refractivity contribution is -0.00751. The van der Waals surface area contributed by atoms with Crippen LogP contribution in [0.5, 0.6) is 5.75 Å². The molecule has 1 aromatic carbocycles. The van der Waals surface area contributed by atoms with Gasteiger partial charge in [0.05, 0.1) is 6.10 Å². The van der Waals surface area contributed by atoms with Crippen molar-refractivity contribution < 1.29 is 25.2 Å². The SMILES string of the molecule is C=CC[C@]12CC[C@]3(CC)C[C@H](OS(N)(=O)=O)CC3C1CCc1cc(OS(N)(=O)=O)ccc12. The van der Waals surface area contributed by atoms with E-state index in [0.717, 1.165) is 44.1 Å². The number of fused-ring (bicyclic) bond motifs is 5. The van der Waals surface area contributed by atoms with E-state index in [1.165, 1.54) is 5.56 Å². The van der Waals surface area contributed by atoms with E-state index in [0.29, 0.717) is 24.7 Å². The maximum absolute atomic E-state index is 11.6. The summed E-state index contributed by atoms with van der Waals surface area (Å²) < 4.78 is 56.1. The molecule has 32 heavy (non-hydrogen) atoms. The molecule has 4 N–H and O–H groups in total. The summed E-state index contributed by atoms with van der Waals surface area (Å²) in [5.74, 6) is 0.891. The highest BCUT2D eigenvalue weighted by molar-refractivity contribution is 7.84. The van der Waals surface area contributed by atoms with Crippen molar-refractivity contribution >= 4 is 20.6 Å². The number of hydrogen-bond donors (Lipinski definition) is 2. The summed E-state index contributed by atoms with van der Waals surface area (Å²) in [6, 6.07) is 5.42. The molecule has 0 heterocycles. The fraction of sp³-hybridized carbons (Fsp3) is 0.636. The second kappa shape index (κ2) is 8.09. The fourth-order valence-corrected chi connectivity index (χ4v) is 8.08. The molecule has 178 valence electrons. The Morgan fingerprint density at radius 1 is 1.16 bits per heavy atom. The molecule has 4 rings (SSSR count). The van der Waals surface area contributed by atoms with Crippen molar-refractivity contribution in [2.24, 2.45) is 27.5 Å². The summed E-state index contributed by atoms with van der Waals surface area (Å²) in [6.07, 6.45) is 8.37. The van der Waals surface area contributed by atoms with E-state index in [2.05, 4.69) is 13.5 Å². The summed E-state index contributed by atoms with van der Waals surface area (Å²) in [5.41, 5.74) is 2.19. The lowest BCUT2D eigenvalue weighted by Gasteiger charge is -2.57. The monoisotopic (exact) mass is 484 g/mol. The maximum Gasteiger partial charge on any atom is 0.380 e. The number of aryl methyl sites for hydroxylation is 1. The average molecular weight is 485 g/mol. The number of rotatable bonds is 7.